The average Bonchev–Trinajstić information content (AvgIpc) is 3.35. The van der Waals surface area contributed by atoms with Gasteiger partial charge in [0.25, 0.3) is 0 Å². The van der Waals surface area contributed by atoms with Crippen LogP contribution in [0.1, 0.15) is 16.7 Å². The zero-order valence-electron chi connectivity index (χ0n) is 21.3. The Morgan fingerprint density at radius 3 is 2.44 bits per heavy atom. The molecule has 0 fully saturated rings. The summed E-state index contributed by atoms with van der Waals surface area (Å²) in [7, 11) is 1.63. The number of methoxy groups -OCH3 is 1. The van der Waals surface area contributed by atoms with E-state index >= 15 is 0 Å². The van der Waals surface area contributed by atoms with Crippen molar-refractivity contribution in [2.24, 2.45) is 10.1 Å². The zero-order chi connectivity index (χ0) is 27.2. The lowest BCUT2D eigenvalue weighted by atomic mass is 10.1. The van der Waals surface area contributed by atoms with E-state index in [1.54, 1.807) is 31.5 Å². The minimum absolute atomic E-state index is 0.452. The fourth-order valence-electron chi connectivity index (χ4n) is 3.83. The van der Waals surface area contributed by atoms with Crippen molar-refractivity contribution in [3.8, 4) is 22.8 Å². The molecule has 0 radical (unpaired) electrons. The number of hydrogen-bond donors (Lipinski definition) is 0. The Balaban J connectivity index is 1.50. The molecule has 5 nitrogen and oxygen atoms in total. The van der Waals surface area contributed by atoms with E-state index in [1.807, 2.05) is 58.6 Å². The average molecular weight is 575 g/mol. The molecule has 0 spiro atoms. The van der Waals surface area contributed by atoms with E-state index in [1.165, 1.54) is 16.9 Å². The Labute approximate surface area is 241 Å². The van der Waals surface area contributed by atoms with Gasteiger partial charge in [0.05, 0.1) is 29.7 Å². The fraction of sp³-hybridized carbons (Fsp3) is 0.0968. The topological polar surface area (TPSA) is 48.1 Å². The normalized spacial score (nSPS) is 11.7. The summed E-state index contributed by atoms with van der Waals surface area (Å²) in [6, 6.07) is 29.3. The number of rotatable bonds is 8. The highest BCUT2D eigenvalue weighted by Crippen LogP contribution is 2.30. The summed E-state index contributed by atoms with van der Waals surface area (Å²) < 4.78 is 13.4. The fourth-order valence-corrected chi connectivity index (χ4v) is 5.13. The van der Waals surface area contributed by atoms with Crippen LogP contribution in [0.3, 0.4) is 0 Å². The van der Waals surface area contributed by atoms with Gasteiger partial charge in [-0.25, -0.2) is 9.67 Å². The van der Waals surface area contributed by atoms with E-state index in [2.05, 4.69) is 31.2 Å². The van der Waals surface area contributed by atoms with Crippen LogP contribution >= 0.6 is 34.5 Å². The number of benzene rings is 4. The SMILES string of the molecule is COc1cc(/C=N\n2c(-c3ccc(C)cc3)csc2=Nc2ccc(Cl)cc2Cl)ccc1OCc1ccccc1. The number of nitrogens with zero attached hydrogens (tertiary/aromatic N) is 3. The predicted octanol–water partition coefficient (Wildman–Crippen LogP) is 8.53. The van der Waals surface area contributed by atoms with Crippen LogP contribution < -0.4 is 14.3 Å². The molecule has 39 heavy (non-hydrogen) atoms. The van der Waals surface area contributed by atoms with Crippen molar-refractivity contribution in [3.05, 3.63) is 128 Å². The smallest absolute Gasteiger partial charge is 0.211 e. The molecule has 0 atom stereocenters. The number of aryl methyl sites for hydroxylation is 1. The van der Waals surface area contributed by atoms with E-state index in [4.69, 9.17) is 42.8 Å². The minimum atomic E-state index is 0.452. The highest BCUT2D eigenvalue weighted by Gasteiger charge is 2.10. The van der Waals surface area contributed by atoms with Gasteiger partial charge in [0.1, 0.15) is 6.61 Å². The van der Waals surface area contributed by atoms with Gasteiger partial charge in [-0.15, -0.1) is 11.3 Å². The molecule has 0 bridgehead atoms. The number of thiazole rings is 1. The molecule has 0 saturated heterocycles. The van der Waals surface area contributed by atoms with E-state index in [9.17, 15) is 0 Å². The third kappa shape index (κ3) is 6.60. The van der Waals surface area contributed by atoms with Crippen LogP contribution in [0.2, 0.25) is 10.0 Å². The molecule has 0 aliphatic rings. The summed E-state index contributed by atoms with van der Waals surface area (Å²) in [4.78, 5) is 5.46. The van der Waals surface area contributed by atoms with E-state index in [-0.39, 0.29) is 0 Å². The Morgan fingerprint density at radius 1 is 0.897 bits per heavy atom. The van der Waals surface area contributed by atoms with Crippen LogP contribution in [0.15, 0.2) is 106 Å². The number of halogens is 2. The molecule has 0 aliphatic carbocycles. The highest BCUT2D eigenvalue weighted by molar-refractivity contribution is 7.07. The largest absolute Gasteiger partial charge is 0.493 e. The first-order valence-corrected chi connectivity index (χ1v) is 13.8. The first-order chi connectivity index (χ1) is 19.0. The van der Waals surface area contributed by atoms with E-state index in [0.29, 0.717) is 38.6 Å². The molecule has 5 aromatic rings. The molecule has 5 rings (SSSR count). The maximum Gasteiger partial charge on any atom is 0.211 e. The quantitative estimate of drug-likeness (QED) is 0.174. The second-order valence-corrected chi connectivity index (χ2v) is 10.4. The van der Waals surface area contributed by atoms with Gasteiger partial charge in [-0.1, -0.05) is 83.4 Å². The molecule has 0 N–H and O–H groups in total. The van der Waals surface area contributed by atoms with Gasteiger partial charge >= 0.3 is 0 Å². The van der Waals surface area contributed by atoms with Crippen molar-refractivity contribution in [2.75, 3.05) is 7.11 Å². The highest BCUT2D eigenvalue weighted by atomic mass is 35.5. The molecule has 0 aliphatic heterocycles. The standard InChI is InChI=1S/C31H25Cl2N3O2S/c1-21-8-11-24(12-9-21)28-20-39-31(35-27-14-13-25(32)17-26(27)33)36(28)34-18-23-10-15-29(30(16-23)37-2)38-19-22-6-4-3-5-7-22/h3-18,20H,19H2,1-2H3/b34-18-,35-31?. The molecular formula is C31H25Cl2N3O2S. The second-order valence-electron chi connectivity index (χ2n) is 8.72. The predicted molar refractivity (Wildman–Crippen MR) is 161 cm³/mol. The van der Waals surface area contributed by atoms with Crippen LogP contribution in [0.25, 0.3) is 11.3 Å². The Morgan fingerprint density at radius 2 is 1.69 bits per heavy atom. The first-order valence-electron chi connectivity index (χ1n) is 12.2. The lowest BCUT2D eigenvalue weighted by Crippen LogP contribution is -2.11. The first kappa shape index (κ1) is 26.8. The molecular weight excluding hydrogens is 549 g/mol. The second kappa shape index (κ2) is 12.3. The van der Waals surface area contributed by atoms with Gasteiger partial charge in [0.15, 0.2) is 11.5 Å². The van der Waals surface area contributed by atoms with Crippen LogP contribution in [-0.2, 0) is 6.61 Å². The number of aromatic nitrogens is 1. The van der Waals surface area contributed by atoms with Crippen molar-refractivity contribution in [2.45, 2.75) is 13.5 Å². The molecule has 196 valence electrons. The monoisotopic (exact) mass is 573 g/mol. The summed E-state index contributed by atoms with van der Waals surface area (Å²) in [5, 5.41) is 7.88. The van der Waals surface area contributed by atoms with Crippen LogP contribution in [0.4, 0.5) is 5.69 Å². The van der Waals surface area contributed by atoms with Gasteiger partial charge in [-0.05, 0) is 54.4 Å². The summed E-state index contributed by atoms with van der Waals surface area (Å²) in [6.07, 6.45) is 1.77. The Kier molecular flexibility index (Phi) is 8.47. The van der Waals surface area contributed by atoms with Crippen molar-refractivity contribution in [1.29, 1.82) is 0 Å². The van der Waals surface area contributed by atoms with Crippen molar-refractivity contribution >= 4 is 46.4 Å². The summed E-state index contributed by atoms with van der Waals surface area (Å²) in [5.41, 5.74) is 5.67. The van der Waals surface area contributed by atoms with Crippen molar-refractivity contribution in [3.63, 3.8) is 0 Å². The Bertz CT molecular complexity index is 1680. The van der Waals surface area contributed by atoms with Crippen LogP contribution in [0, 0.1) is 6.92 Å². The third-order valence-electron chi connectivity index (χ3n) is 5.91. The van der Waals surface area contributed by atoms with Gasteiger partial charge in [0.2, 0.25) is 4.80 Å². The van der Waals surface area contributed by atoms with Gasteiger partial charge in [-0.2, -0.15) is 5.10 Å². The lowest BCUT2D eigenvalue weighted by molar-refractivity contribution is 0.284. The molecule has 0 unspecified atom stereocenters. The van der Waals surface area contributed by atoms with Gasteiger partial charge in [-0.3, -0.25) is 0 Å². The molecule has 0 saturated carbocycles. The van der Waals surface area contributed by atoms with Crippen molar-refractivity contribution < 1.29 is 9.47 Å². The summed E-state index contributed by atoms with van der Waals surface area (Å²) in [6.45, 7) is 2.51. The Hall–Kier alpha value is -3.84. The van der Waals surface area contributed by atoms with Crippen LogP contribution in [-0.4, -0.2) is 18.0 Å². The molecule has 1 aromatic heterocycles. The molecule has 1 heterocycles. The van der Waals surface area contributed by atoms with Crippen LogP contribution in [0.5, 0.6) is 11.5 Å². The molecule has 4 aromatic carbocycles. The van der Waals surface area contributed by atoms with E-state index < -0.39 is 0 Å². The number of hydrogen-bond acceptors (Lipinski definition) is 5. The van der Waals surface area contributed by atoms with Crippen molar-refractivity contribution in [1.82, 2.24) is 4.68 Å². The maximum absolute atomic E-state index is 6.41. The van der Waals surface area contributed by atoms with E-state index in [0.717, 1.165) is 22.4 Å². The maximum atomic E-state index is 6.41. The molecule has 8 heteroatoms. The van der Waals surface area contributed by atoms with Gasteiger partial charge < -0.3 is 9.47 Å². The molecule has 0 amide bonds. The summed E-state index contributed by atoms with van der Waals surface area (Å²) >= 11 is 14.0. The lowest BCUT2D eigenvalue weighted by Gasteiger charge is -2.11. The van der Waals surface area contributed by atoms with Gasteiger partial charge in [0, 0.05) is 16.0 Å². The zero-order valence-corrected chi connectivity index (χ0v) is 23.7. The minimum Gasteiger partial charge on any atom is -0.493 e. The summed E-state index contributed by atoms with van der Waals surface area (Å²) in [5.74, 6) is 1.29. The number of ether oxygens (including phenoxy) is 2. The third-order valence-corrected chi connectivity index (χ3v) is 7.26.